The third-order valence-electron chi connectivity index (χ3n) is 10.7. The molecular formula is C55H94O6. The summed E-state index contributed by atoms with van der Waals surface area (Å²) in [6.45, 7) is 6.51. The van der Waals surface area contributed by atoms with Crippen molar-refractivity contribution in [2.24, 2.45) is 0 Å². The van der Waals surface area contributed by atoms with Crippen molar-refractivity contribution in [3.05, 3.63) is 72.9 Å². The Morgan fingerprint density at radius 3 is 1.00 bits per heavy atom. The van der Waals surface area contributed by atoms with Gasteiger partial charge in [0.15, 0.2) is 6.10 Å². The first-order valence-corrected chi connectivity index (χ1v) is 25.4. The summed E-state index contributed by atoms with van der Waals surface area (Å²) in [6.07, 6.45) is 61.6. The minimum atomic E-state index is -0.800. The van der Waals surface area contributed by atoms with E-state index in [4.69, 9.17) is 14.2 Å². The van der Waals surface area contributed by atoms with Gasteiger partial charge in [-0.2, -0.15) is 0 Å². The Morgan fingerprint density at radius 1 is 0.328 bits per heavy atom. The first kappa shape index (κ1) is 57.9. The van der Waals surface area contributed by atoms with Gasteiger partial charge in [0.05, 0.1) is 0 Å². The van der Waals surface area contributed by atoms with Crippen LogP contribution in [0.25, 0.3) is 0 Å². The van der Waals surface area contributed by atoms with E-state index < -0.39 is 6.10 Å². The summed E-state index contributed by atoms with van der Waals surface area (Å²) in [6, 6.07) is 0. The highest BCUT2D eigenvalue weighted by atomic mass is 16.6. The van der Waals surface area contributed by atoms with Crippen molar-refractivity contribution in [2.45, 2.75) is 245 Å². The van der Waals surface area contributed by atoms with Crippen LogP contribution >= 0.6 is 0 Å². The molecule has 350 valence electrons. The molecule has 6 nitrogen and oxygen atoms in total. The van der Waals surface area contributed by atoms with Gasteiger partial charge in [0.25, 0.3) is 0 Å². The lowest BCUT2D eigenvalue weighted by atomic mass is 10.1. The molecule has 0 aliphatic carbocycles. The largest absolute Gasteiger partial charge is 0.462 e. The number of allylic oxidation sites excluding steroid dienone is 12. The maximum Gasteiger partial charge on any atom is 0.306 e. The second-order valence-electron chi connectivity index (χ2n) is 16.7. The number of hydrogen-bond donors (Lipinski definition) is 0. The van der Waals surface area contributed by atoms with Crippen LogP contribution in [-0.4, -0.2) is 37.2 Å². The van der Waals surface area contributed by atoms with E-state index in [0.717, 1.165) is 109 Å². The summed E-state index contributed by atoms with van der Waals surface area (Å²) in [5.74, 6) is -0.960. The van der Waals surface area contributed by atoms with Crippen LogP contribution in [0.4, 0.5) is 0 Å². The Balaban J connectivity index is 4.48. The van der Waals surface area contributed by atoms with Crippen LogP contribution in [0.2, 0.25) is 0 Å². The van der Waals surface area contributed by atoms with Gasteiger partial charge in [-0.15, -0.1) is 0 Å². The molecule has 1 atom stereocenters. The molecule has 0 radical (unpaired) electrons. The van der Waals surface area contributed by atoms with E-state index >= 15 is 0 Å². The predicted octanol–water partition coefficient (Wildman–Crippen LogP) is 16.6. The average molecular weight is 851 g/mol. The second-order valence-corrected chi connectivity index (χ2v) is 16.7. The van der Waals surface area contributed by atoms with Crippen LogP contribution in [0.1, 0.15) is 239 Å². The lowest BCUT2D eigenvalue weighted by molar-refractivity contribution is -0.167. The van der Waals surface area contributed by atoms with Crippen LogP contribution < -0.4 is 0 Å². The van der Waals surface area contributed by atoms with E-state index in [1.165, 1.54) is 89.9 Å². The van der Waals surface area contributed by atoms with E-state index in [2.05, 4.69) is 93.7 Å². The highest BCUT2D eigenvalue weighted by Crippen LogP contribution is 2.13. The maximum atomic E-state index is 12.8. The molecule has 0 unspecified atom stereocenters. The van der Waals surface area contributed by atoms with Crippen molar-refractivity contribution >= 4 is 17.9 Å². The summed E-state index contributed by atoms with van der Waals surface area (Å²) in [7, 11) is 0. The monoisotopic (exact) mass is 851 g/mol. The molecule has 0 aromatic heterocycles. The smallest absolute Gasteiger partial charge is 0.306 e. The highest BCUT2D eigenvalue weighted by Gasteiger charge is 2.19. The fraction of sp³-hybridized carbons (Fsp3) is 0.727. The number of hydrogen-bond acceptors (Lipinski definition) is 6. The Hall–Kier alpha value is -3.15. The third kappa shape index (κ3) is 47.7. The molecule has 0 fully saturated rings. The minimum absolute atomic E-state index is 0.0985. The van der Waals surface area contributed by atoms with Crippen molar-refractivity contribution in [1.82, 2.24) is 0 Å². The number of esters is 3. The molecular weight excluding hydrogens is 757 g/mol. The van der Waals surface area contributed by atoms with Gasteiger partial charge in [0, 0.05) is 19.3 Å². The molecule has 0 amide bonds. The number of ether oxygens (including phenoxy) is 3. The fourth-order valence-electron chi connectivity index (χ4n) is 6.77. The first-order chi connectivity index (χ1) is 30.0. The highest BCUT2D eigenvalue weighted by molar-refractivity contribution is 5.71. The molecule has 61 heavy (non-hydrogen) atoms. The van der Waals surface area contributed by atoms with Gasteiger partial charge >= 0.3 is 17.9 Å². The fourth-order valence-corrected chi connectivity index (χ4v) is 6.77. The Bertz CT molecular complexity index is 1160. The van der Waals surface area contributed by atoms with Crippen LogP contribution in [0.3, 0.4) is 0 Å². The summed E-state index contributed by atoms with van der Waals surface area (Å²) in [5.41, 5.74) is 0. The van der Waals surface area contributed by atoms with Crippen molar-refractivity contribution in [2.75, 3.05) is 13.2 Å². The summed E-state index contributed by atoms with van der Waals surface area (Å²) >= 11 is 0. The van der Waals surface area contributed by atoms with Crippen LogP contribution in [0, 0.1) is 0 Å². The van der Waals surface area contributed by atoms with Crippen molar-refractivity contribution < 1.29 is 28.6 Å². The average Bonchev–Trinajstić information content (AvgIpc) is 3.26. The summed E-state index contributed by atoms with van der Waals surface area (Å²) < 4.78 is 16.7. The quantitative estimate of drug-likeness (QED) is 0.0263. The van der Waals surface area contributed by atoms with Crippen LogP contribution in [0.5, 0.6) is 0 Å². The molecule has 0 saturated heterocycles. The van der Waals surface area contributed by atoms with Gasteiger partial charge in [0.1, 0.15) is 13.2 Å². The molecule has 0 saturated carbocycles. The Labute approximate surface area is 376 Å². The van der Waals surface area contributed by atoms with E-state index in [0.29, 0.717) is 19.3 Å². The van der Waals surface area contributed by atoms with Gasteiger partial charge in [0.2, 0.25) is 0 Å². The molecule has 0 aromatic carbocycles. The van der Waals surface area contributed by atoms with E-state index in [-0.39, 0.29) is 31.1 Å². The van der Waals surface area contributed by atoms with Crippen LogP contribution in [0.15, 0.2) is 72.9 Å². The van der Waals surface area contributed by atoms with Gasteiger partial charge in [-0.3, -0.25) is 14.4 Å². The molecule has 6 heteroatoms. The van der Waals surface area contributed by atoms with Crippen molar-refractivity contribution in [3.8, 4) is 0 Å². The summed E-state index contributed by atoms with van der Waals surface area (Å²) in [5, 5.41) is 0. The first-order valence-electron chi connectivity index (χ1n) is 25.4. The maximum absolute atomic E-state index is 12.8. The predicted molar refractivity (Wildman–Crippen MR) is 261 cm³/mol. The summed E-state index contributed by atoms with van der Waals surface area (Å²) in [4.78, 5) is 37.9. The SMILES string of the molecule is CCCCC/C=C\C/C=C\C/C=C\CCCCC(=O)OC[C@H](COC(=O)CCCCCCC/C=C\C/C=C\CCCCC)OC(=O)CCCCCCC/C=C\CCCCCC. The van der Waals surface area contributed by atoms with Crippen LogP contribution in [-0.2, 0) is 28.6 Å². The van der Waals surface area contributed by atoms with Gasteiger partial charge < -0.3 is 14.2 Å². The van der Waals surface area contributed by atoms with Gasteiger partial charge in [-0.25, -0.2) is 0 Å². The number of rotatable bonds is 45. The normalized spacial score (nSPS) is 12.6. The zero-order chi connectivity index (χ0) is 44.4. The lowest BCUT2D eigenvalue weighted by Gasteiger charge is -2.18. The van der Waals surface area contributed by atoms with E-state index in [1.807, 2.05) is 0 Å². The standard InChI is InChI=1S/C55H94O6/c1-4-7-10-13-16-19-22-25-27-30-32-35-38-41-44-47-53(56)59-50-52(61-55(58)49-46-43-40-37-34-29-24-21-18-15-12-9-6-3)51-60-54(57)48-45-42-39-36-33-31-28-26-23-20-17-14-11-8-5-2/h16-17,19-21,24-28,32,35,52H,4-15,18,22-23,29-31,33-34,36-51H2,1-3H3/b19-16-,20-17-,24-21-,27-25-,28-26-,35-32-/t52-/m1/s1. The van der Waals surface area contributed by atoms with Crippen molar-refractivity contribution in [3.63, 3.8) is 0 Å². The van der Waals surface area contributed by atoms with Gasteiger partial charge in [-0.05, 0) is 116 Å². The third-order valence-corrected chi connectivity index (χ3v) is 10.7. The molecule has 0 heterocycles. The van der Waals surface area contributed by atoms with Crippen molar-refractivity contribution in [1.29, 1.82) is 0 Å². The zero-order valence-corrected chi connectivity index (χ0v) is 39.9. The Morgan fingerprint density at radius 2 is 0.590 bits per heavy atom. The topological polar surface area (TPSA) is 78.9 Å². The molecule has 0 bridgehead atoms. The minimum Gasteiger partial charge on any atom is -0.462 e. The van der Waals surface area contributed by atoms with E-state index in [1.54, 1.807) is 0 Å². The number of carbonyl (C=O) groups excluding carboxylic acids is 3. The van der Waals surface area contributed by atoms with Gasteiger partial charge in [-0.1, -0.05) is 177 Å². The zero-order valence-electron chi connectivity index (χ0n) is 39.9. The Kier molecular flexibility index (Phi) is 46.9. The molecule has 0 spiro atoms. The lowest BCUT2D eigenvalue weighted by Crippen LogP contribution is -2.30. The molecule has 0 aromatic rings. The second kappa shape index (κ2) is 49.5. The molecule has 0 rings (SSSR count). The number of carbonyl (C=O) groups is 3. The number of unbranched alkanes of at least 4 members (excludes halogenated alkanes) is 22. The molecule has 0 aliphatic rings. The molecule has 0 aliphatic heterocycles. The molecule has 0 N–H and O–H groups in total. The van der Waals surface area contributed by atoms with E-state index in [9.17, 15) is 14.4 Å².